The molecule has 1 aromatic heterocycles. The van der Waals surface area contributed by atoms with Gasteiger partial charge in [0.1, 0.15) is 11.1 Å². The first-order valence-electron chi connectivity index (χ1n) is 11.6. The molecule has 5 heteroatoms. The van der Waals surface area contributed by atoms with Crippen molar-refractivity contribution in [2.45, 2.75) is 76.7 Å². The second-order valence-electron chi connectivity index (χ2n) is 10.4. The minimum absolute atomic E-state index is 0.0467. The summed E-state index contributed by atoms with van der Waals surface area (Å²) < 4.78 is 0. The van der Waals surface area contributed by atoms with E-state index in [4.69, 9.17) is 0 Å². The molecule has 156 valence electrons. The third kappa shape index (κ3) is 3.43. The molecule has 1 aromatic rings. The zero-order valence-corrected chi connectivity index (χ0v) is 18.6. The first-order valence-corrected chi connectivity index (χ1v) is 12.4. The van der Waals surface area contributed by atoms with Gasteiger partial charge >= 0.3 is 0 Å². The number of carbonyl (C=O) groups is 1. The number of amides is 1. The van der Waals surface area contributed by atoms with E-state index in [1.165, 1.54) is 55.4 Å². The second-order valence-corrected chi connectivity index (χ2v) is 11.5. The molecule has 1 unspecified atom stereocenters. The maximum atomic E-state index is 13.0. The van der Waals surface area contributed by atoms with Crippen molar-refractivity contribution in [3.63, 3.8) is 0 Å². The highest BCUT2D eigenvalue weighted by Gasteiger charge is 2.52. The number of nitrogens with zero attached hydrogens (tertiary/aromatic N) is 2. The lowest BCUT2D eigenvalue weighted by Crippen LogP contribution is -2.59. The Kier molecular flexibility index (Phi) is 4.99. The topological polar surface area (TPSA) is 56.1 Å². The summed E-state index contributed by atoms with van der Waals surface area (Å²) in [5, 5.41) is 13.6. The first-order chi connectivity index (χ1) is 14.0. The van der Waals surface area contributed by atoms with Crippen molar-refractivity contribution in [1.82, 2.24) is 4.90 Å². The number of rotatable bonds is 5. The lowest BCUT2D eigenvalue weighted by atomic mass is 9.52. The fraction of sp³-hybridized carbons (Fsp3) is 0.750. The molecule has 0 spiro atoms. The van der Waals surface area contributed by atoms with Crippen LogP contribution in [0.1, 0.15) is 74.3 Å². The quantitative estimate of drug-likeness (QED) is 0.744. The van der Waals surface area contributed by atoms with Gasteiger partial charge in [0, 0.05) is 10.4 Å². The maximum absolute atomic E-state index is 13.0. The molecule has 0 radical (unpaired) electrons. The van der Waals surface area contributed by atoms with Crippen molar-refractivity contribution in [3.8, 4) is 6.07 Å². The van der Waals surface area contributed by atoms with Crippen LogP contribution >= 0.6 is 11.3 Å². The summed E-state index contributed by atoms with van der Waals surface area (Å²) in [5.41, 5.74) is 2.17. The van der Waals surface area contributed by atoms with Crippen LogP contribution in [0.4, 0.5) is 5.00 Å². The molecule has 4 fully saturated rings. The molecule has 1 amide bonds. The summed E-state index contributed by atoms with van der Waals surface area (Å²) in [5.74, 6) is 3.41. The summed E-state index contributed by atoms with van der Waals surface area (Å²) in [6, 6.07) is 2.39. The monoisotopic (exact) mass is 411 g/mol. The van der Waals surface area contributed by atoms with Crippen LogP contribution in [-0.4, -0.2) is 29.9 Å². The average Bonchev–Trinajstić information content (AvgIpc) is 3.02. The van der Waals surface area contributed by atoms with Crippen molar-refractivity contribution in [1.29, 1.82) is 5.26 Å². The van der Waals surface area contributed by atoms with E-state index in [1.54, 1.807) is 11.3 Å². The SMILES string of the molecule is CCC1CCc2c(sc(NC(=O)CN(C)C34CC5CC(CC(C5)C3)C4)c2C#N)C1. The van der Waals surface area contributed by atoms with E-state index >= 15 is 0 Å². The van der Waals surface area contributed by atoms with Gasteiger partial charge in [0.15, 0.2) is 0 Å². The molecule has 4 saturated carbocycles. The number of fused-ring (bicyclic) bond motifs is 1. The molecule has 1 atom stereocenters. The summed E-state index contributed by atoms with van der Waals surface area (Å²) in [6.45, 7) is 2.69. The van der Waals surface area contributed by atoms with Crippen molar-refractivity contribution >= 4 is 22.2 Å². The van der Waals surface area contributed by atoms with Gasteiger partial charge in [-0.1, -0.05) is 13.3 Å². The molecule has 0 saturated heterocycles. The number of likely N-dealkylation sites (N-methyl/N-ethyl adjacent to an activating group) is 1. The number of hydrogen-bond donors (Lipinski definition) is 1. The van der Waals surface area contributed by atoms with E-state index in [2.05, 4.69) is 30.3 Å². The molecule has 0 aliphatic heterocycles. The highest BCUT2D eigenvalue weighted by molar-refractivity contribution is 7.16. The molecule has 29 heavy (non-hydrogen) atoms. The van der Waals surface area contributed by atoms with Crippen LogP contribution in [0.25, 0.3) is 0 Å². The van der Waals surface area contributed by atoms with Gasteiger partial charge in [0.25, 0.3) is 0 Å². The Hall–Kier alpha value is -1.38. The van der Waals surface area contributed by atoms with Gasteiger partial charge < -0.3 is 5.32 Å². The Bertz CT molecular complexity index is 816. The zero-order chi connectivity index (χ0) is 20.2. The molecule has 5 aliphatic carbocycles. The average molecular weight is 412 g/mol. The van der Waals surface area contributed by atoms with Crippen molar-refractivity contribution in [2.75, 3.05) is 18.9 Å². The number of anilines is 1. The maximum Gasteiger partial charge on any atom is 0.239 e. The van der Waals surface area contributed by atoms with Gasteiger partial charge in [0.05, 0.1) is 12.1 Å². The third-order valence-corrected chi connectivity index (χ3v) is 9.68. The normalized spacial score (nSPS) is 34.8. The molecule has 5 aliphatic rings. The molecule has 4 nitrogen and oxygen atoms in total. The van der Waals surface area contributed by atoms with Gasteiger partial charge in [-0.05, 0) is 94.1 Å². The predicted octanol–water partition coefficient (Wildman–Crippen LogP) is 4.97. The number of carbonyl (C=O) groups excluding carboxylic acids is 1. The lowest BCUT2D eigenvalue weighted by Gasteiger charge is -2.59. The Morgan fingerprint density at radius 3 is 2.48 bits per heavy atom. The van der Waals surface area contributed by atoms with Crippen molar-refractivity contribution in [2.24, 2.45) is 23.7 Å². The molecule has 6 rings (SSSR count). The summed E-state index contributed by atoms with van der Waals surface area (Å²) in [7, 11) is 2.16. The van der Waals surface area contributed by atoms with E-state index in [0.29, 0.717) is 6.54 Å². The second kappa shape index (κ2) is 7.39. The highest BCUT2D eigenvalue weighted by Crippen LogP contribution is 2.57. The molecule has 4 bridgehead atoms. The highest BCUT2D eigenvalue weighted by atomic mass is 32.1. The number of nitriles is 1. The lowest BCUT2D eigenvalue weighted by molar-refractivity contribution is -0.123. The van der Waals surface area contributed by atoms with Crippen LogP contribution in [0.2, 0.25) is 0 Å². The summed E-state index contributed by atoms with van der Waals surface area (Å²) in [6.07, 6.45) is 12.5. The third-order valence-electron chi connectivity index (χ3n) is 8.51. The Labute approximate surface area is 178 Å². The summed E-state index contributed by atoms with van der Waals surface area (Å²) in [4.78, 5) is 16.6. The van der Waals surface area contributed by atoms with Gasteiger partial charge in [0.2, 0.25) is 5.91 Å². The van der Waals surface area contributed by atoms with E-state index in [0.717, 1.165) is 53.5 Å². The van der Waals surface area contributed by atoms with Crippen LogP contribution in [0.15, 0.2) is 0 Å². The number of thiophene rings is 1. The van der Waals surface area contributed by atoms with Crippen molar-refractivity contribution in [3.05, 3.63) is 16.0 Å². The van der Waals surface area contributed by atoms with Gasteiger partial charge in [-0.2, -0.15) is 5.26 Å². The van der Waals surface area contributed by atoms with E-state index < -0.39 is 0 Å². The standard InChI is InChI=1S/C24H33N3OS/c1-3-15-4-5-19-20(13-25)23(29-21(19)9-15)26-22(28)14-27(2)24-10-16-6-17(11-24)8-18(7-16)12-24/h15-18H,3-12,14H2,1-2H3,(H,26,28). The number of hydrogen-bond acceptors (Lipinski definition) is 4. The van der Waals surface area contributed by atoms with E-state index in [1.807, 2.05) is 0 Å². The van der Waals surface area contributed by atoms with Crippen LogP contribution < -0.4 is 5.32 Å². The zero-order valence-electron chi connectivity index (χ0n) is 17.8. The molecular formula is C24H33N3OS. The minimum atomic E-state index is 0.0467. The Balaban J connectivity index is 1.28. The first kappa shape index (κ1) is 19.6. The van der Waals surface area contributed by atoms with Gasteiger partial charge in [-0.15, -0.1) is 11.3 Å². The molecule has 1 N–H and O–H groups in total. The van der Waals surface area contributed by atoms with Crippen LogP contribution in [0.5, 0.6) is 0 Å². The van der Waals surface area contributed by atoms with Crippen molar-refractivity contribution < 1.29 is 4.79 Å². The predicted molar refractivity (Wildman–Crippen MR) is 117 cm³/mol. The van der Waals surface area contributed by atoms with Gasteiger partial charge in [-0.25, -0.2) is 0 Å². The smallest absolute Gasteiger partial charge is 0.239 e. The Morgan fingerprint density at radius 1 is 1.24 bits per heavy atom. The molecule has 1 heterocycles. The fourth-order valence-corrected chi connectivity index (χ4v) is 8.62. The minimum Gasteiger partial charge on any atom is -0.315 e. The van der Waals surface area contributed by atoms with Crippen LogP contribution in [0, 0.1) is 35.0 Å². The van der Waals surface area contributed by atoms with Crippen LogP contribution in [0.3, 0.4) is 0 Å². The number of nitrogens with one attached hydrogen (secondary N) is 1. The molecule has 0 aromatic carbocycles. The summed E-state index contributed by atoms with van der Waals surface area (Å²) >= 11 is 1.65. The molecular weight excluding hydrogens is 378 g/mol. The fourth-order valence-electron chi connectivity index (χ4n) is 7.29. The van der Waals surface area contributed by atoms with Gasteiger partial charge in [-0.3, -0.25) is 9.69 Å². The van der Waals surface area contributed by atoms with E-state index in [-0.39, 0.29) is 11.4 Å². The largest absolute Gasteiger partial charge is 0.315 e. The van der Waals surface area contributed by atoms with E-state index in [9.17, 15) is 10.1 Å². The van der Waals surface area contributed by atoms with Crippen LogP contribution in [-0.2, 0) is 17.6 Å². The Morgan fingerprint density at radius 2 is 1.90 bits per heavy atom.